The third kappa shape index (κ3) is 2.82. The Hall–Kier alpha value is -0.900. The number of aromatic nitrogens is 1. The summed E-state index contributed by atoms with van der Waals surface area (Å²) in [5.74, 6) is -2.20. The van der Waals surface area contributed by atoms with Crippen LogP contribution in [0.3, 0.4) is 0 Å². The average molecular weight is 248 g/mol. The van der Waals surface area contributed by atoms with Crippen molar-refractivity contribution in [1.29, 1.82) is 0 Å². The van der Waals surface area contributed by atoms with Crippen molar-refractivity contribution in [3.05, 3.63) is 23.4 Å². The summed E-state index contributed by atoms with van der Waals surface area (Å²) >= 11 is 5.86. The summed E-state index contributed by atoms with van der Waals surface area (Å²) in [6, 6.07) is 3.37. The highest BCUT2D eigenvalue weighted by Gasteiger charge is 2.35. The van der Waals surface area contributed by atoms with Gasteiger partial charge in [-0.1, -0.05) is 11.6 Å². The van der Waals surface area contributed by atoms with E-state index in [2.05, 4.69) is 4.98 Å². The molecule has 1 saturated carbocycles. The maximum atomic E-state index is 12.9. The number of nitrogens with zero attached hydrogens (tertiary/aromatic N) is 1. The molecule has 0 atom stereocenters. The van der Waals surface area contributed by atoms with Crippen molar-refractivity contribution in [2.75, 3.05) is 0 Å². The van der Waals surface area contributed by atoms with Crippen LogP contribution in [-0.2, 0) is 0 Å². The molecule has 5 heteroatoms. The first-order valence-electron chi connectivity index (χ1n) is 5.22. The Morgan fingerprint density at radius 3 is 2.69 bits per heavy atom. The van der Waals surface area contributed by atoms with Gasteiger partial charge in [0.15, 0.2) is 0 Å². The maximum Gasteiger partial charge on any atom is 0.248 e. The zero-order valence-electron chi connectivity index (χ0n) is 8.63. The van der Waals surface area contributed by atoms with Gasteiger partial charge >= 0.3 is 0 Å². The minimum absolute atomic E-state index is 0.123. The summed E-state index contributed by atoms with van der Waals surface area (Å²) in [4.78, 5) is 3.97. The molecule has 16 heavy (non-hydrogen) atoms. The van der Waals surface area contributed by atoms with Crippen LogP contribution in [0.2, 0.25) is 5.02 Å². The van der Waals surface area contributed by atoms with Crippen LogP contribution >= 0.6 is 11.6 Å². The normalized spacial score (nSPS) is 20.7. The Kier molecular flexibility index (Phi) is 3.28. The first-order valence-corrected chi connectivity index (χ1v) is 5.60. The van der Waals surface area contributed by atoms with Crippen LogP contribution in [0.5, 0.6) is 5.88 Å². The highest BCUT2D eigenvalue weighted by Crippen LogP contribution is 2.35. The Morgan fingerprint density at radius 2 is 2.06 bits per heavy atom. The standard InChI is InChI=1S/C11H12ClF2NO/c12-9-2-1-7-15-10(9)16-8-3-5-11(13,14)6-4-8/h1-2,7-8H,3-6H2. The van der Waals surface area contributed by atoms with Crippen molar-refractivity contribution in [2.24, 2.45) is 0 Å². The number of ether oxygens (including phenoxy) is 1. The molecule has 1 aliphatic rings. The predicted molar refractivity (Wildman–Crippen MR) is 57.1 cm³/mol. The summed E-state index contributed by atoms with van der Waals surface area (Å²) in [7, 11) is 0. The minimum Gasteiger partial charge on any atom is -0.473 e. The molecule has 1 heterocycles. The molecule has 1 aromatic heterocycles. The molecule has 1 aliphatic carbocycles. The number of pyridine rings is 1. The van der Waals surface area contributed by atoms with E-state index in [4.69, 9.17) is 16.3 Å². The average Bonchev–Trinajstić information content (AvgIpc) is 2.24. The van der Waals surface area contributed by atoms with Gasteiger partial charge in [0.05, 0.1) is 0 Å². The smallest absolute Gasteiger partial charge is 0.248 e. The fraction of sp³-hybridized carbons (Fsp3) is 0.545. The van der Waals surface area contributed by atoms with Gasteiger partial charge < -0.3 is 4.74 Å². The third-order valence-electron chi connectivity index (χ3n) is 2.67. The van der Waals surface area contributed by atoms with Gasteiger partial charge in [-0.2, -0.15) is 0 Å². The predicted octanol–water partition coefficient (Wildman–Crippen LogP) is 3.69. The van der Waals surface area contributed by atoms with E-state index in [-0.39, 0.29) is 18.9 Å². The van der Waals surface area contributed by atoms with Gasteiger partial charge in [0.1, 0.15) is 11.1 Å². The summed E-state index contributed by atoms with van der Waals surface area (Å²) in [6.45, 7) is 0. The minimum atomic E-state index is -2.53. The molecular weight excluding hydrogens is 236 g/mol. The molecule has 2 nitrogen and oxygen atoms in total. The fourth-order valence-electron chi connectivity index (χ4n) is 1.75. The van der Waals surface area contributed by atoms with Crippen molar-refractivity contribution >= 4 is 11.6 Å². The lowest BCUT2D eigenvalue weighted by Crippen LogP contribution is -2.30. The van der Waals surface area contributed by atoms with Crippen molar-refractivity contribution in [3.8, 4) is 5.88 Å². The Labute approximate surface area is 97.6 Å². The van der Waals surface area contributed by atoms with Gasteiger partial charge in [0.25, 0.3) is 0 Å². The number of hydrogen-bond acceptors (Lipinski definition) is 2. The molecule has 2 rings (SSSR count). The molecule has 0 radical (unpaired) electrons. The van der Waals surface area contributed by atoms with Gasteiger partial charge in [0.2, 0.25) is 11.8 Å². The van der Waals surface area contributed by atoms with E-state index in [1.54, 1.807) is 18.3 Å². The highest BCUT2D eigenvalue weighted by atomic mass is 35.5. The molecule has 88 valence electrons. The van der Waals surface area contributed by atoms with Crippen LogP contribution in [-0.4, -0.2) is 17.0 Å². The third-order valence-corrected chi connectivity index (χ3v) is 2.95. The van der Waals surface area contributed by atoms with Crippen LogP contribution in [0, 0.1) is 0 Å². The van der Waals surface area contributed by atoms with Crippen LogP contribution in [0.15, 0.2) is 18.3 Å². The summed E-state index contributed by atoms with van der Waals surface area (Å²) < 4.78 is 31.3. The summed E-state index contributed by atoms with van der Waals surface area (Å²) in [5.41, 5.74) is 0. The second-order valence-corrected chi connectivity index (χ2v) is 4.37. The van der Waals surface area contributed by atoms with E-state index >= 15 is 0 Å². The van der Waals surface area contributed by atoms with Crippen LogP contribution < -0.4 is 4.74 Å². The number of halogens is 3. The Balaban J connectivity index is 1.95. The van der Waals surface area contributed by atoms with E-state index < -0.39 is 5.92 Å². The molecule has 0 aliphatic heterocycles. The van der Waals surface area contributed by atoms with Crippen LogP contribution in [0.25, 0.3) is 0 Å². The van der Waals surface area contributed by atoms with Gasteiger partial charge in [-0.25, -0.2) is 13.8 Å². The SMILES string of the molecule is FC1(F)CCC(Oc2ncccc2Cl)CC1. The molecule has 0 amide bonds. The number of rotatable bonds is 2. The molecule has 0 bridgehead atoms. The Bertz CT molecular complexity index is 363. The van der Waals surface area contributed by atoms with E-state index in [0.717, 1.165) is 0 Å². The molecule has 1 fully saturated rings. The first kappa shape index (κ1) is 11.6. The maximum absolute atomic E-state index is 12.9. The van der Waals surface area contributed by atoms with Gasteiger partial charge in [0, 0.05) is 19.0 Å². The molecule has 0 N–H and O–H groups in total. The molecule has 1 aromatic rings. The molecule has 0 spiro atoms. The molecule has 0 aromatic carbocycles. The zero-order chi connectivity index (χ0) is 11.6. The molecule has 0 saturated heterocycles. The summed E-state index contributed by atoms with van der Waals surface area (Å²) in [6.07, 6.45) is 1.81. The second kappa shape index (κ2) is 4.53. The number of alkyl halides is 2. The Morgan fingerprint density at radius 1 is 1.38 bits per heavy atom. The van der Waals surface area contributed by atoms with Crippen molar-refractivity contribution in [3.63, 3.8) is 0 Å². The van der Waals surface area contributed by atoms with Gasteiger partial charge in [-0.3, -0.25) is 0 Å². The van der Waals surface area contributed by atoms with E-state index in [0.29, 0.717) is 23.7 Å². The second-order valence-electron chi connectivity index (χ2n) is 3.96. The summed E-state index contributed by atoms with van der Waals surface area (Å²) in [5, 5.41) is 0.417. The van der Waals surface area contributed by atoms with E-state index in [9.17, 15) is 8.78 Å². The lowest BCUT2D eigenvalue weighted by Gasteiger charge is -2.28. The fourth-order valence-corrected chi connectivity index (χ4v) is 1.91. The van der Waals surface area contributed by atoms with E-state index in [1.165, 1.54) is 0 Å². The van der Waals surface area contributed by atoms with Crippen LogP contribution in [0.1, 0.15) is 25.7 Å². The zero-order valence-corrected chi connectivity index (χ0v) is 9.38. The monoisotopic (exact) mass is 247 g/mol. The van der Waals surface area contributed by atoms with Crippen molar-refractivity contribution in [2.45, 2.75) is 37.7 Å². The molecule has 0 unspecified atom stereocenters. The quantitative estimate of drug-likeness (QED) is 0.795. The molecular formula is C11H12ClF2NO. The lowest BCUT2D eigenvalue weighted by molar-refractivity contribution is -0.0587. The van der Waals surface area contributed by atoms with Crippen LogP contribution in [0.4, 0.5) is 8.78 Å². The first-order chi connectivity index (χ1) is 7.57. The van der Waals surface area contributed by atoms with Gasteiger partial charge in [-0.05, 0) is 25.0 Å². The van der Waals surface area contributed by atoms with Gasteiger partial charge in [-0.15, -0.1) is 0 Å². The largest absolute Gasteiger partial charge is 0.473 e. The highest BCUT2D eigenvalue weighted by molar-refractivity contribution is 6.31. The van der Waals surface area contributed by atoms with E-state index in [1.807, 2.05) is 0 Å². The number of hydrogen-bond donors (Lipinski definition) is 0. The topological polar surface area (TPSA) is 22.1 Å². The van der Waals surface area contributed by atoms with Crippen molar-refractivity contribution in [1.82, 2.24) is 4.98 Å². The lowest BCUT2D eigenvalue weighted by atomic mass is 9.94. The van der Waals surface area contributed by atoms with Crippen molar-refractivity contribution < 1.29 is 13.5 Å².